The van der Waals surface area contributed by atoms with Gasteiger partial charge in [-0.05, 0) is 50.4 Å². The van der Waals surface area contributed by atoms with Crippen molar-refractivity contribution in [1.29, 1.82) is 0 Å². The van der Waals surface area contributed by atoms with E-state index < -0.39 is 11.6 Å². The number of nitrogens with zero attached hydrogens (tertiary/aromatic N) is 2. The molecule has 1 saturated heterocycles. The highest BCUT2D eigenvalue weighted by atomic mass is 19.1. The average Bonchev–Trinajstić information content (AvgIpc) is 3.08. The maximum atomic E-state index is 13.2. The highest BCUT2D eigenvalue weighted by Crippen LogP contribution is 2.44. The second kappa shape index (κ2) is 8.30. The fourth-order valence-corrected chi connectivity index (χ4v) is 4.79. The summed E-state index contributed by atoms with van der Waals surface area (Å²) in [5.41, 5.74) is 2.37. The average molecular weight is 415 g/mol. The Hall–Kier alpha value is -2.54. The van der Waals surface area contributed by atoms with Crippen LogP contribution in [0.15, 0.2) is 36.4 Å². The molecule has 5 rings (SSSR count). The van der Waals surface area contributed by atoms with Crippen molar-refractivity contribution in [3.05, 3.63) is 48.0 Å². The van der Waals surface area contributed by atoms with Crippen molar-refractivity contribution >= 4 is 11.4 Å². The maximum absolute atomic E-state index is 13.2. The monoisotopic (exact) mass is 415 g/mol. The molecule has 1 unspecified atom stereocenters. The molecule has 0 amide bonds. The van der Waals surface area contributed by atoms with Gasteiger partial charge in [-0.15, -0.1) is 0 Å². The number of rotatable bonds is 6. The first-order chi connectivity index (χ1) is 14.7. The summed E-state index contributed by atoms with van der Waals surface area (Å²) in [6, 6.07) is 9.53. The lowest BCUT2D eigenvalue weighted by molar-refractivity contribution is 0.157. The van der Waals surface area contributed by atoms with E-state index in [0.717, 1.165) is 69.6 Å². The topological polar surface area (TPSA) is 37.0 Å². The van der Waals surface area contributed by atoms with E-state index >= 15 is 0 Å². The van der Waals surface area contributed by atoms with Gasteiger partial charge in [0.15, 0.2) is 0 Å². The molecule has 0 aromatic heterocycles. The van der Waals surface area contributed by atoms with Crippen LogP contribution in [0.5, 0.6) is 11.5 Å². The summed E-state index contributed by atoms with van der Waals surface area (Å²) in [6.45, 7) is 5.24. The molecule has 5 nitrogen and oxygen atoms in total. The number of benzene rings is 2. The van der Waals surface area contributed by atoms with E-state index in [1.807, 2.05) is 12.1 Å². The molecular weight excluding hydrogens is 388 g/mol. The zero-order valence-electron chi connectivity index (χ0n) is 16.9. The van der Waals surface area contributed by atoms with E-state index in [2.05, 4.69) is 21.2 Å². The normalized spacial score (nSPS) is 21.1. The van der Waals surface area contributed by atoms with Gasteiger partial charge in [-0.1, -0.05) is 6.07 Å². The maximum Gasteiger partial charge on any atom is 0.144 e. The Bertz CT molecular complexity index is 882. The Morgan fingerprint density at radius 2 is 1.87 bits per heavy atom. The summed E-state index contributed by atoms with van der Waals surface area (Å²) in [5, 5.41) is 3.66. The predicted molar refractivity (Wildman–Crippen MR) is 112 cm³/mol. The van der Waals surface area contributed by atoms with Crippen molar-refractivity contribution in [1.82, 2.24) is 4.90 Å². The summed E-state index contributed by atoms with van der Waals surface area (Å²) < 4.78 is 37.9. The minimum absolute atomic E-state index is 0.265. The lowest BCUT2D eigenvalue weighted by Crippen LogP contribution is -2.49. The van der Waals surface area contributed by atoms with Crippen molar-refractivity contribution in [2.45, 2.75) is 25.4 Å². The summed E-state index contributed by atoms with van der Waals surface area (Å²) >= 11 is 0. The second-order valence-electron chi connectivity index (χ2n) is 8.34. The fraction of sp³-hybridized carbons (Fsp3) is 0.478. The highest BCUT2D eigenvalue weighted by molar-refractivity contribution is 5.82. The van der Waals surface area contributed by atoms with Crippen molar-refractivity contribution < 1.29 is 18.3 Å². The Morgan fingerprint density at radius 1 is 1.07 bits per heavy atom. The van der Waals surface area contributed by atoms with Crippen molar-refractivity contribution in [3.63, 3.8) is 0 Å². The Morgan fingerprint density at radius 3 is 2.67 bits per heavy atom. The third-order valence-corrected chi connectivity index (χ3v) is 6.34. The second-order valence-corrected chi connectivity index (χ2v) is 8.34. The first-order valence-electron chi connectivity index (χ1n) is 10.8. The van der Waals surface area contributed by atoms with Gasteiger partial charge in [-0.25, -0.2) is 8.78 Å². The Balaban J connectivity index is 1.08. The molecule has 0 saturated carbocycles. The van der Waals surface area contributed by atoms with Crippen LogP contribution in [0.3, 0.4) is 0 Å². The van der Waals surface area contributed by atoms with Crippen molar-refractivity contribution in [2.24, 2.45) is 5.92 Å². The van der Waals surface area contributed by atoms with Gasteiger partial charge in [0, 0.05) is 24.7 Å². The summed E-state index contributed by atoms with van der Waals surface area (Å²) in [5.74, 6) is 0.623. The van der Waals surface area contributed by atoms with Gasteiger partial charge < -0.3 is 19.7 Å². The van der Waals surface area contributed by atoms with E-state index in [1.165, 1.54) is 17.8 Å². The van der Waals surface area contributed by atoms with Gasteiger partial charge in [0.05, 0.1) is 18.8 Å². The lowest BCUT2D eigenvalue weighted by Gasteiger charge is -2.37. The highest BCUT2D eigenvalue weighted by Gasteiger charge is 2.35. The van der Waals surface area contributed by atoms with Crippen LogP contribution in [-0.4, -0.2) is 50.5 Å². The fourth-order valence-electron chi connectivity index (χ4n) is 4.79. The SMILES string of the molecule is Fc1cc(F)cc(OCCC2CCN(CC3Nc4cccc5c4N3CCO5)CC2)c1. The number of nitrogens with one attached hydrogen (secondary N) is 1. The smallest absolute Gasteiger partial charge is 0.144 e. The van der Waals surface area contributed by atoms with E-state index in [0.29, 0.717) is 12.5 Å². The molecule has 0 radical (unpaired) electrons. The lowest BCUT2D eigenvalue weighted by atomic mass is 9.94. The van der Waals surface area contributed by atoms with Crippen LogP contribution in [0.1, 0.15) is 19.3 Å². The number of likely N-dealkylation sites (tertiary alicyclic amines) is 1. The molecule has 0 spiro atoms. The Labute approximate surface area is 175 Å². The summed E-state index contributed by atoms with van der Waals surface area (Å²) in [6.07, 6.45) is 3.43. The van der Waals surface area contributed by atoms with Crippen LogP contribution in [-0.2, 0) is 0 Å². The van der Waals surface area contributed by atoms with Gasteiger partial charge in [0.1, 0.15) is 41.6 Å². The van der Waals surface area contributed by atoms with Crippen molar-refractivity contribution in [2.75, 3.05) is 49.6 Å². The number of para-hydroxylation sites is 1. The van der Waals surface area contributed by atoms with Crippen LogP contribution in [0, 0.1) is 17.6 Å². The number of ether oxygens (including phenoxy) is 2. The zero-order valence-corrected chi connectivity index (χ0v) is 16.9. The number of hydrogen-bond donors (Lipinski definition) is 1. The number of hydrogen-bond acceptors (Lipinski definition) is 5. The van der Waals surface area contributed by atoms with Gasteiger partial charge in [-0.3, -0.25) is 4.90 Å². The third kappa shape index (κ3) is 4.03. The van der Waals surface area contributed by atoms with Crippen LogP contribution in [0.25, 0.3) is 0 Å². The molecule has 1 N–H and O–H groups in total. The predicted octanol–water partition coefficient (Wildman–Crippen LogP) is 4.10. The first-order valence-corrected chi connectivity index (χ1v) is 10.8. The standard InChI is InChI=1S/C23H27F2N3O2/c24-17-12-18(25)14-19(13-17)29-10-6-16-4-7-27(8-5-16)15-22-26-20-2-1-3-21-23(20)28(22)9-11-30-21/h1-3,12-14,16,22,26H,4-11,15H2. The zero-order chi connectivity index (χ0) is 20.5. The minimum atomic E-state index is -0.603. The molecule has 30 heavy (non-hydrogen) atoms. The number of anilines is 2. The molecule has 1 atom stereocenters. The number of halogens is 2. The van der Waals surface area contributed by atoms with E-state index in [-0.39, 0.29) is 11.9 Å². The largest absolute Gasteiger partial charge is 0.493 e. The van der Waals surface area contributed by atoms with E-state index in [1.54, 1.807) is 0 Å². The number of piperidine rings is 1. The summed E-state index contributed by atoms with van der Waals surface area (Å²) in [4.78, 5) is 4.96. The molecule has 7 heteroatoms. The molecule has 0 aliphatic carbocycles. The van der Waals surface area contributed by atoms with Gasteiger partial charge in [0.2, 0.25) is 0 Å². The Kier molecular flexibility index (Phi) is 5.37. The molecular formula is C23H27F2N3O2. The van der Waals surface area contributed by atoms with E-state index in [4.69, 9.17) is 9.47 Å². The molecule has 3 aliphatic rings. The van der Waals surface area contributed by atoms with Crippen LogP contribution >= 0.6 is 0 Å². The summed E-state index contributed by atoms with van der Waals surface area (Å²) in [7, 11) is 0. The third-order valence-electron chi connectivity index (χ3n) is 6.34. The molecule has 1 fully saturated rings. The van der Waals surface area contributed by atoms with Gasteiger partial charge in [-0.2, -0.15) is 0 Å². The molecule has 2 aromatic rings. The molecule has 2 aromatic carbocycles. The van der Waals surface area contributed by atoms with Gasteiger partial charge >= 0.3 is 0 Å². The van der Waals surface area contributed by atoms with Crippen molar-refractivity contribution in [3.8, 4) is 11.5 Å². The van der Waals surface area contributed by atoms with Crippen LogP contribution < -0.4 is 19.7 Å². The molecule has 160 valence electrons. The minimum Gasteiger partial charge on any atom is -0.493 e. The van der Waals surface area contributed by atoms with E-state index in [9.17, 15) is 8.78 Å². The first kappa shape index (κ1) is 19.4. The quantitative estimate of drug-likeness (QED) is 0.769. The molecule has 3 aliphatic heterocycles. The van der Waals surface area contributed by atoms with Crippen LogP contribution in [0.2, 0.25) is 0 Å². The van der Waals surface area contributed by atoms with Crippen LogP contribution in [0.4, 0.5) is 20.2 Å². The molecule has 0 bridgehead atoms. The van der Waals surface area contributed by atoms with Gasteiger partial charge in [0.25, 0.3) is 0 Å². The molecule has 3 heterocycles.